The van der Waals surface area contributed by atoms with Crippen molar-refractivity contribution in [1.29, 1.82) is 0 Å². The van der Waals surface area contributed by atoms with Crippen molar-refractivity contribution in [2.45, 2.75) is 6.54 Å². The van der Waals surface area contributed by atoms with E-state index in [1.54, 1.807) is 16.8 Å². The number of benzene rings is 1. The van der Waals surface area contributed by atoms with Gasteiger partial charge in [0.25, 0.3) is 0 Å². The monoisotopic (exact) mass is 314 g/mol. The summed E-state index contributed by atoms with van der Waals surface area (Å²) in [5.74, 6) is 0.0432. The maximum absolute atomic E-state index is 11.9. The molecule has 0 spiro atoms. The molecule has 0 bridgehead atoms. The third-order valence-corrected chi connectivity index (χ3v) is 3.45. The van der Waals surface area contributed by atoms with E-state index in [-0.39, 0.29) is 12.5 Å². The van der Waals surface area contributed by atoms with Gasteiger partial charge in [0, 0.05) is 24.6 Å². The van der Waals surface area contributed by atoms with Gasteiger partial charge < -0.3 is 10.0 Å². The summed E-state index contributed by atoms with van der Waals surface area (Å²) in [7, 11) is 3.61. The predicted octanol–water partition coefficient (Wildman–Crippen LogP) is 1.33. The summed E-state index contributed by atoms with van der Waals surface area (Å²) in [5.41, 5.74) is 1.08. The molecular formula is C13H19BrN2O2. The van der Waals surface area contributed by atoms with Gasteiger partial charge in [0.1, 0.15) is 0 Å². The van der Waals surface area contributed by atoms with Crippen LogP contribution in [0, 0.1) is 0 Å². The van der Waals surface area contributed by atoms with Crippen LogP contribution in [0.15, 0.2) is 28.7 Å². The van der Waals surface area contributed by atoms with Crippen molar-refractivity contribution in [2.75, 3.05) is 33.8 Å². The number of amides is 1. The summed E-state index contributed by atoms with van der Waals surface area (Å²) in [6, 6.07) is 7.86. The Morgan fingerprint density at radius 2 is 2.00 bits per heavy atom. The number of hydrogen-bond donors (Lipinski definition) is 1. The highest BCUT2D eigenvalue weighted by Gasteiger charge is 2.12. The van der Waals surface area contributed by atoms with E-state index in [1.807, 2.05) is 31.3 Å². The first-order chi connectivity index (χ1) is 8.54. The van der Waals surface area contributed by atoms with Gasteiger partial charge in [-0.05, 0) is 18.7 Å². The molecule has 5 heteroatoms. The lowest BCUT2D eigenvalue weighted by Gasteiger charge is -2.21. The van der Waals surface area contributed by atoms with Crippen LogP contribution in [0.1, 0.15) is 5.56 Å². The highest BCUT2D eigenvalue weighted by molar-refractivity contribution is 9.10. The molecule has 1 aromatic rings. The van der Waals surface area contributed by atoms with Crippen LogP contribution in [0.3, 0.4) is 0 Å². The first-order valence-electron chi connectivity index (χ1n) is 5.81. The van der Waals surface area contributed by atoms with Gasteiger partial charge in [-0.3, -0.25) is 9.69 Å². The number of carbonyl (C=O) groups is 1. The van der Waals surface area contributed by atoms with E-state index < -0.39 is 0 Å². The van der Waals surface area contributed by atoms with E-state index in [1.165, 1.54) is 0 Å². The van der Waals surface area contributed by atoms with Crippen LogP contribution in [0.5, 0.6) is 0 Å². The average molecular weight is 315 g/mol. The molecule has 1 rings (SSSR count). The number of aliphatic hydroxyl groups excluding tert-OH is 1. The van der Waals surface area contributed by atoms with Gasteiger partial charge >= 0.3 is 0 Å². The van der Waals surface area contributed by atoms with Crippen LogP contribution in [0.25, 0.3) is 0 Å². The quantitative estimate of drug-likeness (QED) is 0.861. The summed E-state index contributed by atoms with van der Waals surface area (Å²) in [5, 5.41) is 8.79. The Kier molecular flexibility index (Phi) is 6.32. The number of aliphatic hydroxyl groups is 1. The van der Waals surface area contributed by atoms with E-state index in [0.29, 0.717) is 19.6 Å². The van der Waals surface area contributed by atoms with Gasteiger partial charge in [0.05, 0.1) is 13.2 Å². The Balaban J connectivity index is 2.52. The number of rotatable bonds is 6. The SMILES string of the molecule is CN(CCO)CC(=O)N(C)Cc1ccccc1Br. The zero-order valence-electron chi connectivity index (χ0n) is 10.8. The maximum Gasteiger partial charge on any atom is 0.236 e. The first-order valence-corrected chi connectivity index (χ1v) is 6.60. The average Bonchev–Trinajstić information content (AvgIpc) is 2.32. The summed E-state index contributed by atoms with van der Waals surface area (Å²) >= 11 is 3.47. The molecule has 100 valence electrons. The van der Waals surface area contributed by atoms with Crippen molar-refractivity contribution in [3.63, 3.8) is 0 Å². The van der Waals surface area contributed by atoms with Gasteiger partial charge in [0.15, 0.2) is 0 Å². The lowest BCUT2D eigenvalue weighted by molar-refractivity contribution is -0.131. The Hall–Kier alpha value is -0.910. The third kappa shape index (κ3) is 4.76. The van der Waals surface area contributed by atoms with Crippen molar-refractivity contribution >= 4 is 21.8 Å². The zero-order chi connectivity index (χ0) is 13.5. The number of likely N-dealkylation sites (N-methyl/N-ethyl adjacent to an activating group) is 2. The number of nitrogens with zero attached hydrogens (tertiary/aromatic N) is 2. The fourth-order valence-electron chi connectivity index (χ4n) is 1.57. The standard InChI is InChI=1S/C13H19BrN2O2/c1-15(7-8-17)10-13(18)16(2)9-11-5-3-4-6-12(11)14/h3-6,17H,7-10H2,1-2H3. The normalized spacial score (nSPS) is 10.7. The molecular weight excluding hydrogens is 296 g/mol. The molecule has 0 aliphatic rings. The van der Waals surface area contributed by atoms with Crippen molar-refractivity contribution in [2.24, 2.45) is 0 Å². The highest BCUT2D eigenvalue weighted by atomic mass is 79.9. The summed E-state index contributed by atoms with van der Waals surface area (Å²) in [6.07, 6.45) is 0. The highest BCUT2D eigenvalue weighted by Crippen LogP contribution is 2.17. The maximum atomic E-state index is 11.9. The molecule has 1 aromatic carbocycles. The second-order valence-electron chi connectivity index (χ2n) is 4.30. The Labute approximate surface area is 116 Å². The summed E-state index contributed by atoms with van der Waals surface area (Å²) in [6.45, 7) is 1.47. The van der Waals surface area contributed by atoms with E-state index in [9.17, 15) is 4.79 Å². The minimum atomic E-state index is 0.0432. The van der Waals surface area contributed by atoms with E-state index in [2.05, 4.69) is 15.9 Å². The molecule has 0 saturated heterocycles. The van der Waals surface area contributed by atoms with Gasteiger partial charge in [-0.1, -0.05) is 34.1 Å². The van der Waals surface area contributed by atoms with Gasteiger partial charge in [0.2, 0.25) is 5.91 Å². The smallest absolute Gasteiger partial charge is 0.236 e. The Morgan fingerprint density at radius 3 is 2.61 bits per heavy atom. The van der Waals surface area contributed by atoms with E-state index in [0.717, 1.165) is 10.0 Å². The fraction of sp³-hybridized carbons (Fsp3) is 0.462. The lowest BCUT2D eigenvalue weighted by Crippen LogP contribution is -2.37. The number of carbonyl (C=O) groups excluding carboxylic acids is 1. The molecule has 0 aliphatic carbocycles. The third-order valence-electron chi connectivity index (χ3n) is 2.68. The fourth-order valence-corrected chi connectivity index (χ4v) is 1.98. The largest absolute Gasteiger partial charge is 0.395 e. The predicted molar refractivity (Wildman–Crippen MR) is 75.2 cm³/mol. The topological polar surface area (TPSA) is 43.8 Å². The Morgan fingerprint density at radius 1 is 1.33 bits per heavy atom. The minimum absolute atomic E-state index is 0.0432. The summed E-state index contributed by atoms with van der Waals surface area (Å²) in [4.78, 5) is 15.4. The molecule has 0 aliphatic heterocycles. The molecule has 0 aromatic heterocycles. The van der Waals surface area contributed by atoms with Gasteiger partial charge in [-0.25, -0.2) is 0 Å². The zero-order valence-corrected chi connectivity index (χ0v) is 12.4. The summed E-state index contributed by atoms with van der Waals surface area (Å²) < 4.78 is 1.01. The molecule has 1 amide bonds. The molecule has 0 fully saturated rings. The Bertz CT molecular complexity index is 398. The van der Waals surface area contributed by atoms with Crippen LogP contribution in [-0.2, 0) is 11.3 Å². The van der Waals surface area contributed by atoms with Crippen molar-refractivity contribution in [3.05, 3.63) is 34.3 Å². The van der Waals surface area contributed by atoms with E-state index in [4.69, 9.17) is 5.11 Å². The first kappa shape index (κ1) is 15.1. The van der Waals surface area contributed by atoms with Crippen LogP contribution in [0.2, 0.25) is 0 Å². The number of halogens is 1. The van der Waals surface area contributed by atoms with Crippen LogP contribution < -0.4 is 0 Å². The van der Waals surface area contributed by atoms with Crippen molar-refractivity contribution in [1.82, 2.24) is 9.80 Å². The van der Waals surface area contributed by atoms with Gasteiger partial charge in [-0.15, -0.1) is 0 Å². The van der Waals surface area contributed by atoms with Crippen LogP contribution >= 0.6 is 15.9 Å². The molecule has 0 saturated carbocycles. The van der Waals surface area contributed by atoms with Crippen molar-refractivity contribution in [3.8, 4) is 0 Å². The second kappa shape index (κ2) is 7.51. The molecule has 0 heterocycles. The van der Waals surface area contributed by atoms with Crippen molar-refractivity contribution < 1.29 is 9.90 Å². The molecule has 0 atom stereocenters. The molecule has 18 heavy (non-hydrogen) atoms. The molecule has 0 unspecified atom stereocenters. The van der Waals surface area contributed by atoms with E-state index >= 15 is 0 Å². The number of hydrogen-bond acceptors (Lipinski definition) is 3. The van der Waals surface area contributed by atoms with Crippen LogP contribution in [0.4, 0.5) is 0 Å². The minimum Gasteiger partial charge on any atom is -0.395 e. The molecule has 0 radical (unpaired) electrons. The molecule has 4 nitrogen and oxygen atoms in total. The second-order valence-corrected chi connectivity index (χ2v) is 5.16. The molecule has 1 N–H and O–H groups in total. The van der Waals surface area contributed by atoms with Gasteiger partial charge in [-0.2, -0.15) is 0 Å². The van der Waals surface area contributed by atoms with Crippen LogP contribution in [-0.4, -0.2) is 54.6 Å². The lowest BCUT2D eigenvalue weighted by atomic mass is 10.2.